The van der Waals surface area contributed by atoms with Crippen molar-refractivity contribution >= 4 is 42.9 Å². The first-order chi connectivity index (χ1) is 33.7. The van der Waals surface area contributed by atoms with Crippen LogP contribution in [0.5, 0.6) is 0 Å². The normalized spacial score (nSPS) is 11.4. The van der Waals surface area contributed by atoms with Crippen LogP contribution in [-0.2, 0) is 0 Å². The second kappa shape index (κ2) is 21.3. The zero-order chi connectivity index (χ0) is 49.4. The Morgan fingerprint density at radius 1 is 0.200 bits per heavy atom. The number of benzene rings is 9. The standard InChI is InChI=1S/3C22H22S.Bi/c3*1-14-8-5-10-18(16(14)3)20-12-7-13-21(22(20)23)19-11-6-9-15(2)17(19)4;/h3*5-13,23H,1-4H3;/q;;;+3/p-3. The molecule has 70 heavy (non-hydrogen) atoms. The van der Waals surface area contributed by atoms with E-state index in [0.29, 0.717) is 0 Å². The van der Waals surface area contributed by atoms with E-state index in [1.165, 1.54) is 148 Å². The van der Waals surface area contributed by atoms with Gasteiger partial charge >= 0.3 is 438 Å². The van der Waals surface area contributed by atoms with Crippen LogP contribution in [0.25, 0.3) is 66.8 Å². The van der Waals surface area contributed by atoms with E-state index in [1.54, 1.807) is 0 Å². The Bertz CT molecular complexity index is 2880. The molecule has 0 aromatic heterocycles. The molecule has 0 aliphatic rings. The van der Waals surface area contributed by atoms with Gasteiger partial charge in [0, 0.05) is 0 Å². The molecule has 0 aliphatic heterocycles. The van der Waals surface area contributed by atoms with Crippen molar-refractivity contribution in [1.29, 1.82) is 0 Å². The molecule has 0 bridgehead atoms. The summed E-state index contributed by atoms with van der Waals surface area (Å²) in [6.45, 7) is 27.4. The van der Waals surface area contributed by atoms with Crippen LogP contribution in [0.15, 0.2) is 178 Å². The summed E-state index contributed by atoms with van der Waals surface area (Å²) in [5, 5.41) is 0. The van der Waals surface area contributed by atoms with Gasteiger partial charge in [-0.15, -0.1) is 0 Å². The fourth-order valence-electron chi connectivity index (χ4n) is 9.72. The third-order valence-electron chi connectivity index (χ3n) is 14.9. The van der Waals surface area contributed by atoms with Crippen LogP contribution in [0.4, 0.5) is 0 Å². The monoisotopic (exact) mass is 1160 g/mol. The summed E-state index contributed by atoms with van der Waals surface area (Å²) in [6.07, 6.45) is 0. The average Bonchev–Trinajstić information content (AvgIpc) is 3.35. The van der Waals surface area contributed by atoms with E-state index in [4.69, 9.17) is 0 Å². The van der Waals surface area contributed by atoms with Crippen LogP contribution in [0.2, 0.25) is 0 Å². The molecule has 350 valence electrons. The average molecular weight is 1160 g/mol. The summed E-state index contributed by atoms with van der Waals surface area (Å²) in [4.78, 5) is 4.16. The number of rotatable bonds is 12. The maximum atomic E-state index is 2.40. The van der Waals surface area contributed by atoms with Gasteiger partial charge in [0.2, 0.25) is 0 Å². The van der Waals surface area contributed by atoms with Crippen LogP contribution in [0.1, 0.15) is 66.8 Å². The van der Waals surface area contributed by atoms with Crippen molar-refractivity contribution in [1.82, 2.24) is 0 Å². The Morgan fingerprint density at radius 3 is 0.514 bits per heavy atom. The van der Waals surface area contributed by atoms with Gasteiger partial charge in [-0.05, 0) is 0 Å². The van der Waals surface area contributed by atoms with Crippen molar-refractivity contribution in [2.24, 2.45) is 0 Å². The topological polar surface area (TPSA) is 0 Å². The van der Waals surface area contributed by atoms with Crippen molar-refractivity contribution < 1.29 is 0 Å². The van der Waals surface area contributed by atoms with Crippen LogP contribution in [0, 0.1) is 83.1 Å². The Hall–Kier alpha value is -5.09. The third kappa shape index (κ3) is 9.79. The summed E-state index contributed by atoms with van der Waals surface area (Å²) in [7, 11) is 6.68. The van der Waals surface area contributed by atoms with Crippen molar-refractivity contribution in [2.45, 2.75) is 97.8 Å². The quantitative estimate of drug-likeness (QED) is 0.112. The van der Waals surface area contributed by atoms with E-state index in [1.807, 2.05) is 0 Å². The number of hydrogen-bond acceptors (Lipinski definition) is 3. The van der Waals surface area contributed by atoms with Gasteiger partial charge in [-0.25, -0.2) is 0 Å². The van der Waals surface area contributed by atoms with E-state index < -0.39 is 17.4 Å². The third-order valence-corrected chi connectivity index (χ3v) is 40.6. The van der Waals surface area contributed by atoms with Crippen molar-refractivity contribution in [3.8, 4) is 66.8 Å². The molecule has 4 heteroatoms. The molecule has 0 spiro atoms. The summed E-state index contributed by atoms with van der Waals surface area (Å²) >= 11 is -3.25. The summed E-state index contributed by atoms with van der Waals surface area (Å²) in [5.74, 6) is 0. The van der Waals surface area contributed by atoms with E-state index in [2.05, 4.69) is 272 Å². The van der Waals surface area contributed by atoms with Gasteiger partial charge in [0.25, 0.3) is 0 Å². The van der Waals surface area contributed by atoms with Crippen LogP contribution in [-0.4, -0.2) is 17.4 Å². The first-order valence-electron chi connectivity index (χ1n) is 24.4. The number of hydrogen-bond donors (Lipinski definition) is 0. The zero-order valence-electron chi connectivity index (χ0n) is 42.8. The van der Waals surface area contributed by atoms with Gasteiger partial charge in [0.1, 0.15) is 0 Å². The molecule has 9 aromatic carbocycles. The molecule has 0 fully saturated rings. The van der Waals surface area contributed by atoms with Crippen molar-refractivity contribution in [3.63, 3.8) is 0 Å². The molecule has 0 aliphatic carbocycles. The summed E-state index contributed by atoms with van der Waals surface area (Å²) in [5.41, 5.74) is 31.7. The molecule has 9 rings (SSSR count). The predicted molar refractivity (Wildman–Crippen MR) is 312 cm³/mol. The van der Waals surface area contributed by atoms with E-state index in [9.17, 15) is 0 Å². The predicted octanol–water partition coefficient (Wildman–Crippen LogP) is 20.1. The fourth-order valence-corrected chi connectivity index (χ4v) is 40.0. The van der Waals surface area contributed by atoms with Gasteiger partial charge in [-0.1, -0.05) is 0 Å². The minimum atomic E-state index is -3.25. The van der Waals surface area contributed by atoms with Crippen LogP contribution >= 0.6 is 25.6 Å². The van der Waals surface area contributed by atoms with Gasteiger partial charge in [-0.3, -0.25) is 0 Å². The maximum absolute atomic E-state index is 3.25. The van der Waals surface area contributed by atoms with Gasteiger partial charge in [0.15, 0.2) is 0 Å². The molecule has 9 aromatic rings. The van der Waals surface area contributed by atoms with Gasteiger partial charge in [0.05, 0.1) is 0 Å². The first kappa shape index (κ1) is 49.9. The van der Waals surface area contributed by atoms with E-state index in [0.717, 1.165) is 0 Å². The van der Waals surface area contributed by atoms with Gasteiger partial charge < -0.3 is 0 Å². The van der Waals surface area contributed by atoms with E-state index >= 15 is 0 Å². The van der Waals surface area contributed by atoms with Gasteiger partial charge in [-0.2, -0.15) is 0 Å². The Labute approximate surface area is 434 Å². The van der Waals surface area contributed by atoms with Crippen molar-refractivity contribution in [3.05, 3.63) is 231 Å². The van der Waals surface area contributed by atoms with Crippen LogP contribution < -0.4 is 0 Å². The second-order valence-electron chi connectivity index (χ2n) is 19.0. The Morgan fingerprint density at radius 2 is 0.343 bits per heavy atom. The SMILES string of the molecule is Cc1cccc(-c2cccc(-c3cccc(C)c3C)c2[S][Bi]([S]c2c(-c3cccc(C)c3C)cccc2-c2cccc(C)c2C)[S]c2c(-c3cccc(C)c3C)cccc2-c2cccc(C)c2C)c1C. The summed E-state index contributed by atoms with van der Waals surface area (Å²) < 4.78 is 0. The molecule has 0 nitrogen and oxygen atoms in total. The van der Waals surface area contributed by atoms with Crippen molar-refractivity contribution in [2.75, 3.05) is 0 Å². The Balaban J connectivity index is 1.38. The molecule has 0 heterocycles. The molecule has 0 saturated carbocycles. The molecule has 0 N–H and O–H groups in total. The number of aryl methyl sites for hydroxylation is 6. The summed E-state index contributed by atoms with van der Waals surface area (Å²) in [6, 6.07) is 62.4. The molecule has 0 atom stereocenters. The molecular weight excluding hydrogens is 1100 g/mol. The molecular formula is C66H63BiS3. The molecule has 0 radical (unpaired) electrons. The fraction of sp³-hybridized carbons (Fsp3) is 0.182. The zero-order valence-corrected chi connectivity index (χ0v) is 48.7. The first-order valence-corrected chi connectivity index (χ1v) is 39.5. The molecule has 0 amide bonds. The second-order valence-corrected chi connectivity index (χ2v) is 44.6. The molecule has 0 unspecified atom stereocenters. The minimum absolute atomic E-state index is 1.31. The van der Waals surface area contributed by atoms with E-state index in [-0.39, 0.29) is 0 Å². The Kier molecular flexibility index (Phi) is 15.2. The van der Waals surface area contributed by atoms with Crippen LogP contribution in [0.3, 0.4) is 0 Å². The molecule has 0 saturated heterocycles.